The number of alkyl halides is 3. The van der Waals surface area contributed by atoms with Crippen LogP contribution < -0.4 is 15.2 Å². The third kappa shape index (κ3) is 7.51. The van der Waals surface area contributed by atoms with Crippen LogP contribution in [0, 0.1) is 0 Å². The smallest absolute Gasteiger partial charge is 0.406 e. The van der Waals surface area contributed by atoms with Crippen molar-refractivity contribution < 1.29 is 31.1 Å². The molecule has 0 saturated carbocycles. The monoisotopic (exact) mass is 326 g/mol. The molecule has 0 heterocycles. The molecule has 0 radical (unpaired) electrons. The zero-order valence-electron chi connectivity index (χ0n) is 10.7. The average Bonchev–Trinajstić information content (AvgIpc) is 2.32. The maximum absolute atomic E-state index is 11.9. The fourth-order valence-electron chi connectivity index (χ4n) is 1.39. The Morgan fingerprint density at radius 2 is 1.81 bits per heavy atom. The summed E-state index contributed by atoms with van der Waals surface area (Å²) in [7, 11) is -3.58. The van der Waals surface area contributed by atoms with Crippen molar-refractivity contribution in [1.82, 2.24) is 5.32 Å². The van der Waals surface area contributed by atoms with Gasteiger partial charge in [-0.25, -0.2) is 13.6 Å². The van der Waals surface area contributed by atoms with Crippen molar-refractivity contribution in [2.24, 2.45) is 5.14 Å². The van der Waals surface area contributed by atoms with Gasteiger partial charge in [0.05, 0.1) is 5.75 Å². The largest absolute Gasteiger partial charge is 0.573 e. The van der Waals surface area contributed by atoms with Gasteiger partial charge in [-0.3, -0.25) is 4.79 Å². The number of amides is 1. The second-order valence-electron chi connectivity index (χ2n) is 4.05. The van der Waals surface area contributed by atoms with Crippen LogP contribution in [0.3, 0.4) is 0 Å². The highest BCUT2D eigenvalue weighted by Gasteiger charge is 2.31. The third-order valence-corrected chi connectivity index (χ3v) is 3.10. The lowest BCUT2D eigenvalue weighted by Crippen LogP contribution is -2.27. The highest BCUT2D eigenvalue weighted by atomic mass is 32.2. The topological polar surface area (TPSA) is 98.5 Å². The Labute approximate surface area is 119 Å². The minimum atomic E-state index is -4.79. The number of nitrogens with one attached hydrogen (secondary N) is 1. The Morgan fingerprint density at radius 3 is 2.29 bits per heavy atom. The van der Waals surface area contributed by atoms with Gasteiger partial charge in [-0.15, -0.1) is 13.2 Å². The predicted molar refractivity (Wildman–Crippen MR) is 68.0 cm³/mol. The van der Waals surface area contributed by atoms with E-state index in [2.05, 4.69) is 10.1 Å². The highest BCUT2D eigenvalue weighted by molar-refractivity contribution is 7.89. The van der Waals surface area contributed by atoms with E-state index >= 15 is 0 Å². The molecule has 0 saturated heterocycles. The Morgan fingerprint density at radius 1 is 1.24 bits per heavy atom. The molecule has 1 aromatic rings. The lowest BCUT2D eigenvalue weighted by Gasteiger charge is -2.09. The summed E-state index contributed by atoms with van der Waals surface area (Å²) in [6.07, 6.45) is -4.66. The van der Waals surface area contributed by atoms with Gasteiger partial charge < -0.3 is 10.1 Å². The first-order valence-corrected chi connectivity index (χ1v) is 7.43. The van der Waals surface area contributed by atoms with E-state index in [0.717, 1.165) is 24.3 Å². The van der Waals surface area contributed by atoms with E-state index in [1.807, 2.05) is 0 Å². The van der Waals surface area contributed by atoms with Gasteiger partial charge >= 0.3 is 6.36 Å². The molecule has 118 valence electrons. The standard InChI is InChI=1S/C11H13F3N2O4S/c12-11(13,14)20-9-4-2-8(3-5-9)10(17)16-6-1-7-21(15,18)19/h2-5H,1,6-7H2,(H,16,17)(H2,15,18,19). The van der Waals surface area contributed by atoms with Crippen molar-refractivity contribution >= 4 is 15.9 Å². The summed E-state index contributed by atoms with van der Waals surface area (Å²) in [5.41, 5.74) is 0.125. The predicted octanol–water partition coefficient (Wildman–Crippen LogP) is 0.994. The maximum Gasteiger partial charge on any atom is 0.573 e. The molecular weight excluding hydrogens is 313 g/mol. The molecule has 0 aliphatic heterocycles. The molecule has 0 fully saturated rings. The summed E-state index contributed by atoms with van der Waals surface area (Å²) < 4.78 is 60.8. The number of hydrogen-bond acceptors (Lipinski definition) is 4. The van der Waals surface area contributed by atoms with Gasteiger partial charge in [-0.2, -0.15) is 0 Å². The fraction of sp³-hybridized carbons (Fsp3) is 0.364. The van der Waals surface area contributed by atoms with E-state index in [-0.39, 0.29) is 24.3 Å². The van der Waals surface area contributed by atoms with Gasteiger partial charge in [0.15, 0.2) is 0 Å². The summed E-state index contributed by atoms with van der Waals surface area (Å²) in [5.74, 6) is -1.25. The lowest BCUT2D eigenvalue weighted by atomic mass is 10.2. The normalized spacial score (nSPS) is 12.0. The number of carbonyl (C=O) groups excluding carboxylic acids is 1. The second kappa shape index (κ2) is 6.76. The van der Waals surface area contributed by atoms with Gasteiger partial charge in [0.25, 0.3) is 5.91 Å². The van der Waals surface area contributed by atoms with Gasteiger partial charge in [0, 0.05) is 12.1 Å². The van der Waals surface area contributed by atoms with Crippen molar-refractivity contribution in [3.63, 3.8) is 0 Å². The molecule has 1 amide bonds. The molecule has 1 rings (SSSR count). The Balaban J connectivity index is 2.48. The Kier molecular flexibility index (Phi) is 5.55. The van der Waals surface area contributed by atoms with E-state index < -0.39 is 28.0 Å². The van der Waals surface area contributed by atoms with Gasteiger partial charge in [-0.1, -0.05) is 0 Å². The first-order valence-electron chi connectivity index (χ1n) is 5.71. The van der Waals surface area contributed by atoms with Crippen LogP contribution in [0.15, 0.2) is 24.3 Å². The molecule has 0 unspecified atom stereocenters. The van der Waals surface area contributed by atoms with Crippen molar-refractivity contribution in [1.29, 1.82) is 0 Å². The molecular formula is C11H13F3N2O4S. The van der Waals surface area contributed by atoms with Gasteiger partial charge in [0.2, 0.25) is 10.0 Å². The number of ether oxygens (including phenoxy) is 1. The summed E-state index contributed by atoms with van der Waals surface area (Å²) in [4.78, 5) is 11.6. The van der Waals surface area contributed by atoms with Crippen LogP contribution in [-0.2, 0) is 10.0 Å². The summed E-state index contributed by atoms with van der Waals surface area (Å²) in [6, 6.07) is 4.34. The van der Waals surface area contributed by atoms with Crippen LogP contribution in [0.2, 0.25) is 0 Å². The SMILES string of the molecule is NS(=O)(=O)CCCNC(=O)c1ccc(OC(F)(F)F)cc1. The third-order valence-electron chi connectivity index (χ3n) is 2.24. The molecule has 6 nitrogen and oxygen atoms in total. The zero-order valence-corrected chi connectivity index (χ0v) is 11.5. The van der Waals surface area contributed by atoms with Crippen LogP contribution in [0.1, 0.15) is 16.8 Å². The van der Waals surface area contributed by atoms with E-state index in [1.54, 1.807) is 0 Å². The second-order valence-corrected chi connectivity index (χ2v) is 5.78. The first kappa shape index (κ1) is 17.2. The van der Waals surface area contributed by atoms with Crippen LogP contribution >= 0.6 is 0 Å². The maximum atomic E-state index is 11.9. The van der Waals surface area contributed by atoms with Crippen LogP contribution in [-0.4, -0.2) is 33.0 Å². The minimum absolute atomic E-state index is 0.0794. The van der Waals surface area contributed by atoms with Crippen molar-refractivity contribution in [3.8, 4) is 5.75 Å². The molecule has 0 aliphatic rings. The molecule has 1 aromatic carbocycles. The molecule has 0 aromatic heterocycles. The van der Waals surface area contributed by atoms with Crippen LogP contribution in [0.5, 0.6) is 5.75 Å². The number of nitrogens with two attached hydrogens (primary N) is 1. The number of primary sulfonamides is 1. The minimum Gasteiger partial charge on any atom is -0.406 e. The first-order chi connectivity index (χ1) is 9.57. The lowest BCUT2D eigenvalue weighted by molar-refractivity contribution is -0.274. The van der Waals surface area contributed by atoms with Crippen molar-refractivity contribution in [2.75, 3.05) is 12.3 Å². The number of halogens is 3. The van der Waals surface area contributed by atoms with Crippen LogP contribution in [0.25, 0.3) is 0 Å². The number of benzene rings is 1. The highest BCUT2D eigenvalue weighted by Crippen LogP contribution is 2.22. The van der Waals surface area contributed by atoms with E-state index in [0.29, 0.717) is 0 Å². The zero-order chi connectivity index (χ0) is 16.1. The number of sulfonamides is 1. The number of hydrogen-bond donors (Lipinski definition) is 2. The number of carbonyl (C=O) groups is 1. The molecule has 3 N–H and O–H groups in total. The number of rotatable bonds is 6. The van der Waals surface area contributed by atoms with Crippen molar-refractivity contribution in [2.45, 2.75) is 12.8 Å². The average molecular weight is 326 g/mol. The van der Waals surface area contributed by atoms with E-state index in [1.165, 1.54) is 0 Å². The fourth-order valence-corrected chi connectivity index (χ4v) is 1.93. The summed E-state index contributed by atoms with van der Waals surface area (Å²) >= 11 is 0. The summed E-state index contributed by atoms with van der Waals surface area (Å²) in [6.45, 7) is 0.0794. The van der Waals surface area contributed by atoms with Gasteiger partial charge in [-0.05, 0) is 30.7 Å². The molecule has 0 bridgehead atoms. The molecule has 21 heavy (non-hydrogen) atoms. The molecule has 0 aliphatic carbocycles. The van der Waals surface area contributed by atoms with Crippen LogP contribution in [0.4, 0.5) is 13.2 Å². The molecule has 0 spiro atoms. The van der Waals surface area contributed by atoms with E-state index in [4.69, 9.17) is 5.14 Å². The Hall–Kier alpha value is -1.81. The van der Waals surface area contributed by atoms with Crippen molar-refractivity contribution in [3.05, 3.63) is 29.8 Å². The quantitative estimate of drug-likeness (QED) is 0.762. The van der Waals surface area contributed by atoms with E-state index in [9.17, 15) is 26.4 Å². The molecule has 10 heteroatoms. The van der Waals surface area contributed by atoms with Gasteiger partial charge in [0.1, 0.15) is 5.75 Å². The molecule has 0 atom stereocenters. The Bertz CT molecular complexity index is 584. The summed E-state index contributed by atoms with van der Waals surface area (Å²) in [5, 5.41) is 7.20.